The fourth-order valence-corrected chi connectivity index (χ4v) is 1.81. The smallest absolute Gasteiger partial charge is 0.339 e. The second kappa shape index (κ2) is 6.19. The lowest BCUT2D eigenvalue weighted by molar-refractivity contribution is 0.0294. The Labute approximate surface area is 107 Å². The van der Waals surface area contributed by atoms with E-state index >= 15 is 0 Å². The topological polar surface area (TPSA) is 63.6 Å². The lowest BCUT2D eigenvalue weighted by Gasteiger charge is -2.15. The molecule has 0 radical (unpaired) electrons. The third-order valence-corrected chi connectivity index (χ3v) is 2.49. The first-order chi connectivity index (χ1) is 8.41. The Hall–Kier alpha value is -1.84. The minimum absolute atomic E-state index is 0.0285. The molecule has 0 amide bonds. The van der Waals surface area contributed by atoms with Gasteiger partial charge >= 0.3 is 11.9 Å². The molecule has 0 saturated heterocycles. The van der Waals surface area contributed by atoms with Crippen LogP contribution in [0.2, 0.25) is 0 Å². The average molecular weight is 250 g/mol. The van der Waals surface area contributed by atoms with Crippen LogP contribution in [-0.4, -0.2) is 23.1 Å². The van der Waals surface area contributed by atoms with Crippen molar-refractivity contribution >= 4 is 11.9 Å². The highest BCUT2D eigenvalue weighted by atomic mass is 16.5. The number of carbonyl (C=O) groups is 2. The lowest BCUT2D eigenvalue weighted by atomic mass is 10.1. The van der Waals surface area contributed by atoms with E-state index in [0.29, 0.717) is 5.92 Å². The fraction of sp³-hybridized carbons (Fsp3) is 0.429. The number of esters is 1. The molecular formula is C14H18O4. The highest BCUT2D eigenvalue weighted by Gasteiger charge is 2.19. The molecule has 0 heterocycles. The Kier molecular flexibility index (Phi) is 4.89. The van der Waals surface area contributed by atoms with Gasteiger partial charge in [-0.2, -0.15) is 0 Å². The second-order valence-electron chi connectivity index (χ2n) is 4.70. The molecular weight excluding hydrogens is 232 g/mol. The number of benzene rings is 1. The van der Waals surface area contributed by atoms with E-state index in [9.17, 15) is 9.59 Å². The zero-order valence-corrected chi connectivity index (χ0v) is 10.8. The number of carboxylic acid groups (broad SMARTS) is 1. The fourth-order valence-electron chi connectivity index (χ4n) is 1.81. The van der Waals surface area contributed by atoms with Gasteiger partial charge < -0.3 is 9.84 Å². The van der Waals surface area contributed by atoms with Crippen molar-refractivity contribution in [2.75, 3.05) is 0 Å². The molecule has 1 rings (SSSR count). The molecule has 4 heteroatoms. The quantitative estimate of drug-likeness (QED) is 0.816. The predicted octanol–water partition coefficient (Wildman–Crippen LogP) is 2.98. The molecule has 1 aromatic carbocycles. The zero-order chi connectivity index (χ0) is 13.7. The lowest BCUT2D eigenvalue weighted by Crippen LogP contribution is -2.19. The first-order valence-electron chi connectivity index (χ1n) is 5.95. The molecule has 0 aromatic heterocycles. The van der Waals surface area contributed by atoms with Crippen molar-refractivity contribution in [3.8, 4) is 0 Å². The average Bonchev–Trinajstić information content (AvgIpc) is 2.27. The van der Waals surface area contributed by atoms with Crippen LogP contribution >= 0.6 is 0 Å². The Bertz CT molecular complexity index is 437. The van der Waals surface area contributed by atoms with E-state index in [-0.39, 0.29) is 17.2 Å². The number of hydrogen-bond acceptors (Lipinski definition) is 3. The van der Waals surface area contributed by atoms with Gasteiger partial charge in [0.25, 0.3) is 0 Å². The van der Waals surface area contributed by atoms with Crippen LogP contribution in [-0.2, 0) is 4.74 Å². The molecule has 0 fully saturated rings. The molecule has 0 aliphatic heterocycles. The van der Waals surface area contributed by atoms with E-state index in [1.165, 1.54) is 12.1 Å². The molecule has 1 N–H and O–H groups in total. The van der Waals surface area contributed by atoms with E-state index in [1.807, 2.05) is 13.8 Å². The van der Waals surface area contributed by atoms with E-state index < -0.39 is 11.9 Å². The summed E-state index contributed by atoms with van der Waals surface area (Å²) in [6.45, 7) is 5.88. The summed E-state index contributed by atoms with van der Waals surface area (Å²) in [6, 6.07) is 6.06. The van der Waals surface area contributed by atoms with Gasteiger partial charge in [-0.05, 0) is 31.4 Å². The maximum Gasteiger partial charge on any atom is 0.339 e. The van der Waals surface area contributed by atoms with E-state index in [4.69, 9.17) is 9.84 Å². The van der Waals surface area contributed by atoms with Crippen molar-refractivity contribution in [2.24, 2.45) is 5.92 Å². The van der Waals surface area contributed by atoms with E-state index in [0.717, 1.165) is 6.42 Å². The maximum absolute atomic E-state index is 11.9. The third-order valence-electron chi connectivity index (χ3n) is 2.49. The van der Waals surface area contributed by atoms with Crippen LogP contribution in [0.25, 0.3) is 0 Å². The van der Waals surface area contributed by atoms with Crippen LogP contribution in [0.15, 0.2) is 24.3 Å². The number of rotatable bonds is 5. The Morgan fingerprint density at radius 3 is 2.22 bits per heavy atom. The summed E-state index contributed by atoms with van der Waals surface area (Å²) in [5.41, 5.74) is 0.0693. The van der Waals surface area contributed by atoms with E-state index in [2.05, 4.69) is 0 Å². The van der Waals surface area contributed by atoms with Gasteiger partial charge in [0.15, 0.2) is 0 Å². The first kappa shape index (κ1) is 14.2. The Balaban J connectivity index is 2.81. The number of carboxylic acids is 1. The maximum atomic E-state index is 11.9. The van der Waals surface area contributed by atoms with Gasteiger partial charge in [0.05, 0.1) is 17.2 Å². The largest absolute Gasteiger partial charge is 0.478 e. The molecule has 0 bridgehead atoms. The molecule has 0 unspecified atom stereocenters. The van der Waals surface area contributed by atoms with Crippen LogP contribution in [0, 0.1) is 5.92 Å². The van der Waals surface area contributed by atoms with Crippen molar-refractivity contribution in [3.63, 3.8) is 0 Å². The Morgan fingerprint density at radius 2 is 1.72 bits per heavy atom. The predicted molar refractivity (Wildman–Crippen MR) is 67.7 cm³/mol. The normalized spacial score (nSPS) is 12.2. The standard InChI is InChI=1S/C14H18O4/c1-9(2)8-10(3)18-14(17)12-7-5-4-6-11(12)13(15)16/h4-7,9-10H,8H2,1-3H3,(H,15,16)/t10-/m0/s1. The van der Waals surface area contributed by atoms with Crippen LogP contribution in [0.4, 0.5) is 0 Å². The summed E-state index contributed by atoms with van der Waals surface area (Å²) in [6.07, 6.45) is 0.528. The van der Waals surface area contributed by atoms with Crippen molar-refractivity contribution in [2.45, 2.75) is 33.3 Å². The molecule has 1 atom stereocenters. The van der Waals surface area contributed by atoms with Gasteiger partial charge in [-0.1, -0.05) is 26.0 Å². The number of carbonyl (C=O) groups excluding carboxylic acids is 1. The number of ether oxygens (including phenoxy) is 1. The van der Waals surface area contributed by atoms with Crippen molar-refractivity contribution in [1.82, 2.24) is 0 Å². The summed E-state index contributed by atoms with van der Waals surface area (Å²) in [5.74, 6) is -1.29. The highest BCUT2D eigenvalue weighted by Crippen LogP contribution is 2.14. The molecule has 98 valence electrons. The van der Waals surface area contributed by atoms with Crippen LogP contribution in [0.3, 0.4) is 0 Å². The van der Waals surface area contributed by atoms with E-state index in [1.54, 1.807) is 19.1 Å². The van der Waals surface area contributed by atoms with Crippen LogP contribution in [0.5, 0.6) is 0 Å². The molecule has 0 aliphatic carbocycles. The highest BCUT2D eigenvalue weighted by molar-refractivity contribution is 6.02. The number of aromatic carboxylic acids is 1. The SMILES string of the molecule is CC(C)C[C@H](C)OC(=O)c1ccccc1C(=O)O. The minimum Gasteiger partial charge on any atom is -0.478 e. The summed E-state index contributed by atoms with van der Waals surface area (Å²) >= 11 is 0. The molecule has 0 spiro atoms. The Morgan fingerprint density at radius 1 is 1.17 bits per heavy atom. The van der Waals surface area contributed by atoms with Gasteiger partial charge in [-0.15, -0.1) is 0 Å². The second-order valence-corrected chi connectivity index (χ2v) is 4.70. The van der Waals surface area contributed by atoms with Gasteiger partial charge in [0.1, 0.15) is 0 Å². The third kappa shape index (κ3) is 3.87. The number of hydrogen-bond donors (Lipinski definition) is 1. The van der Waals surface area contributed by atoms with Crippen molar-refractivity contribution in [1.29, 1.82) is 0 Å². The van der Waals surface area contributed by atoms with Gasteiger partial charge in [0.2, 0.25) is 0 Å². The summed E-state index contributed by atoms with van der Waals surface area (Å²) < 4.78 is 5.24. The summed E-state index contributed by atoms with van der Waals surface area (Å²) in [5, 5.41) is 8.99. The van der Waals surface area contributed by atoms with Gasteiger partial charge in [-0.3, -0.25) is 0 Å². The monoisotopic (exact) mass is 250 g/mol. The molecule has 18 heavy (non-hydrogen) atoms. The summed E-state index contributed by atoms with van der Waals surface area (Å²) in [7, 11) is 0. The van der Waals surface area contributed by atoms with Gasteiger partial charge in [-0.25, -0.2) is 9.59 Å². The zero-order valence-electron chi connectivity index (χ0n) is 10.8. The molecule has 4 nitrogen and oxygen atoms in total. The van der Waals surface area contributed by atoms with Crippen molar-refractivity contribution in [3.05, 3.63) is 35.4 Å². The molecule has 0 aliphatic rings. The molecule has 1 aromatic rings. The van der Waals surface area contributed by atoms with Crippen molar-refractivity contribution < 1.29 is 19.4 Å². The summed E-state index contributed by atoms with van der Waals surface area (Å²) in [4.78, 5) is 22.9. The minimum atomic E-state index is -1.13. The van der Waals surface area contributed by atoms with Gasteiger partial charge in [0, 0.05) is 0 Å². The first-order valence-corrected chi connectivity index (χ1v) is 5.95. The van der Waals surface area contributed by atoms with Crippen LogP contribution in [0.1, 0.15) is 47.9 Å². The van der Waals surface area contributed by atoms with Crippen LogP contribution < -0.4 is 0 Å². The molecule has 0 saturated carbocycles.